The molecule has 1 aliphatic rings. The topological polar surface area (TPSA) is 41.6 Å². The van der Waals surface area contributed by atoms with Crippen molar-refractivity contribution < 1.29 is 9.53 Å². The van der Waals surface area contributed by atoms with Crippen LogP contribution in [0.5, 0.6) is 0 Å². The quantitative estimate of drug-likeness (QED) is 0.778. The van der Waals surface area contributed by atoms with Crippen LogP contribution >= 0.6 is 0 Å². The standard InChI is InChI=1S/C22H22N2O2/c25-22(21-7-3-5-18-4-1-2-6-20(18)21)23-19-10-8-17(9-11-19)16-24-12-14-26-15-13-24/h1-11H,12-16H2,(H,23,25). The second kappa shape index (κ2) is 7.68. The first-order chi connectivity index (χ1) is 12.8. The zero-order valence-corrected chi connectivity index (χ0v) is 14.7. The van der Waals surface area contributed by atoms with Gasteiger partial charge in [0.1, 0.15) is 0 Å². The fourth-order valence-corrected chi connectivity index (χ4v) is 3.33. The molecule has 1 fully saturated rings. The van der Waals surface area contributed by atoms with Crippen LogP contribution in [0.25, 0.3) is 10.8 Å². The highest BCUT2D eigenvalue weighted by molar-refractivity contribution is 6.12. The van der Waals surface area contributed by atoms with Crippen LogP contribution in [-0.2, 0) is 11.3 Å². The summed E-state index contributed by atoms with van der Waals surface area (Å²) in [7, 11) is 0. The van der Waals surface area contributed by atoms with E-state index in [1.54, 1.807) is 0 Å². The molecule has 4 heteroatoms. The number of nitrogens with zero attached hydrogens (tertiary/aromatic N) is 1. The Balaban J connectivity index is 1.45. The molecule has 132 valence electrons. The van der Waals surface area contributed by atoms with Gasteiger partial charge in [-0.25, -0.2) is 0 Å². The lowest BCUT2D eigenvalue weighted by Gasteiger charge is -2.26. The highest BCUT2D eigenvalue weighted by Crippen LogP contribution is 2.20. The maximum atomic E-state index is 12.7. The van der Waals surface area contributed by atoms with Crippen molar-refractivity contribution in [3.05, 3.63) is 77.9 Å². The number of ether oxygens (including phenoxy) is 1. The zero-order valence-electron chi connectivity index (χ0n) is 14.7. The third kappa shape index (κ3) is 3.77. The fourth-order valence-electron chi connectivity index (χ4n) is 3.33. The molecule has 4 rings (SSSR count). The van der Waals surface area contributed by atoms with Crippen molar-refractivity contribution in [1.82, 2.24) is 4.90 Å². The third-order valence-electron chi connectivity index (χ3n) is 4.76. The molecule has 1 aliphatic heterocycles. The first-order valence-corrected chi connectivity index (χ1v) is 8.98. The number of amides is 1. The van der Waals surface area contributed by atoms with Crippen molar-refractivity contribution in [3.8, 4) is 0 Å². The van der Waals surface area contributed by atoms with Gasteiger partial charge in [-0.05, 0) is 34.5 Å². The number of hydrogen-bond acceptors (Lipinski definition) is 3. The first kappa shape index (κ1) is 16.8. The smallest absolute Gasteiger partial charge is 0.256 e. The average molecular weight is 346 g/mol. The van der Waals surface area contributed by atoms with Gasteiger partial charge in [0.05, 0.1) is 13.2 Å². The summed E-state index contributed by atoms with van der Waals surface area (Å²) < 4.78 is 5.38. The van der Waals surface area contributed by atoms with E-state index >= 15 is 0 Å². The molecule has 1 N–H and O–H groups in total. The van der Waals surface area contributed by atoms with E-state index in [4.69, 9.17) is 4.74 Å². The molecule has 4 nitrogen and oxygen atoms in total. The SMILES string of the molecule is O=C(Nc1ccc(CN2CCOCC2)cc1)c1cccc2ccccc12. The number of rotatable bonds is 4. The molecule has 1 heterocycles. The average Bonchev–Trinajstić information content (AvgIpc) is 2.70. The second-order valence-electron chi connectivity index (χ2n) is 6.57. The molecular weight excluding hydrogens is 324 g/mol. The van der Waals surface area contributed by atoms with Crippen LogP contribution in [-0.4, -0.2) is 37.1 Å². The lowest BCUT2D eigenvalue weighted by Crippen LogP contribution is -2.35. The van der Waals surface area contributed by atoms with Crippen molar-refractivity contribution in [2.75, 3.05) is 31.6 Å². The van der Waals surface area contributed by atoms with Gasteiger partial charge < -0.3 is 10.1 Å². The van der Waals surface area contributed by atoms with Crippen LogP contribution in [0, 0.1) is 0 Å². The first-order valence-electron chi connectivity index (χ1n) is 8.98. The Kier molecular flexibility index (Phi) is 4.95. The van der Waals surface area contributed by atoms with E-state index in [9.17, 15) is 4.79 Å². The summed E-state index contributed by atoms with van der Waals surface area (Å²) >= 11 is 0. The van der Waals surface area contributed by atoms with Crippen LogP contribution in [0.3, 0.4) is 0 Å². The Morgan fingerprint density at radius 2 is 1.65 bits per heavy atom. The van der Waals surface area contributed by atoms with Gasteiger partial charge in [-0.15, -0.1) is 0 Å². The Morgan fingerprint density at radius 3 is 2.46 bits per heavy atom. The second-order valence-corrected chi connectivity index (χ2v) is 6.57. The van der Waals surface area contributed by atoms with Gasteiger partial charge in [0, 0.05) is 30.9 Å². The van der Waals surface area contributed by atoms with Gasteiger partial charge in [-0.3, -0.25) is 9.69 Å². The predicted octanol–water partition coefficient (Wildman–Crippen LogP) is 3.92. The van der Waals surface area contributed by atoms with Crippen molar-refractivity contribution >= 4 is 22.4 Å². The molecule has 0 unspecified atom stereocenters. The number of fused-ring (bicyclic) bond motifs is 1. The minimum Gasteiger partial charge on any atom is -0.379 e. The molecule has 0 saturated carbocycles. The molecular formula is C22H22N2O2. The van der Waals surface area contributed by atoms with Crippen LogP contribution in [0.2, 0.25) is 0 Å². The molecule has 0 atom stereocenters. The number of nitrogens with one attached hydrogen (secondary N) is 1. The largest absolute Gasteiger partial charge is 0.379 e. The highest BCUT2D eigenvalue weighted by Gasteiger charge is 2.12. The minimum atomic E-state index is -0.0808. The van der Waals surface area contributed by atoms with Gasteiger partial charge in [-0.2, -0.15) is 0 Å². The number of morpholine rings is 1. The van der Waals surface area contributed by atoms with Crippen LogP contribution in [0.15, 0.2) is 66.7 Å². The van der Waals surface area contributed by atoms with Crippen molar-refractivity contribution in [2.45, 2.75) is 6.54 Å². The summed E-state index contributed by atoms with van der Waals surface area (Å²) in [5.74, 6) is -0.0808. The summed E-state index contributed by atoms with van der Waals surface area (Å²) in [6.45, 7) is 4.47. The monoisotopic (exact) mass is 346 g/mol. The van der Waals surface area contributed by atoms with Gasteiger partial charge in [0.2, 0.25) is 0 Å². The van der Waals surface area contributed by atoms with Gasteiger partial charge in [-0.1, -0.05) is 48.5 Å². The predicted molar refractivity (Wildman–Crippen MR) is 104 cm³/mol. The summed E-state index contributed by atoms with van der Waals surface area (Å²) in [6, 6.07) is 21.8. The summed E-state index contributed by atoms with van der Waals surface area (Å²) in [5, 5.41) is 5.05. The molecule has 3 aromatic rings. The van der Waals surface area contributed by atoms with Gasteiger partial charge in [0.25, 0.3) is 5.91 Å². The third-order valence-corrected chi connectivity index (χ3v) is 4.76. The number of hydrogen-bond donors (Lipinski definition) is 1. The van der Waals surface area contributed by atoms with Crippen LogP contribution in [0.4, 0.5) is 5.69 Å². The lowest BCUT2D eigenvalue weighted by atomic mass is 10.0. The summed E-state index contributed by atoms with van der Waals surface area (Å²) in [5.41, 5.74) is 2.75. The Labute approximate surface area is 153 Å². The van der Waals surface area contributed by atoms with Crippen LogP contribution in [0.1, 0.15) is 15.9 Å². The maximum Gasteiger partial charge on any atom is 0.256 e. The van der Waals surface area contributed by atoms with Crippen molar-refractivity contribution in [2.24, 2.45) is 0 Å². The van der Waals surface area contributed by atoms with E-state index in [1.165, 1.54) is 5.56 Å². The molecule has 1 saturated heterocycles. The zero-order chi connectivity index (χ0) is 17.8. The Morgan fingerprint density at radius 1 is 0.923 bits per heavy atom. The Hall–Kier alpha value is -2.69. The lowest BCUT2D eigenvalue weighted by molar-refractivity contribution is 0.0342. The summed E-state index contributed by atoms with van der Waals surface area (Å²) in [6.07, 6.45) is 0. The number of carbonyl (C=O) groups excluding carboxylic acids is 1. The molecule has 1 amide bonds. The minimum absolute atomic E-state index is 0.0808. The van der Waals surface area contributed by atoms with E-state index in [1.807, 2.05) is 54.6 Å². The van der Waals surface area contributed by atoms with Gasteiger partial charge >= 0.3 is 0 Å². The van der Waals surface area contributed by atoms with Crippen LogP contribution < -0.4 is 5.32 Å². The van der Waals surface area contributed by atoms with Gasteiger partial charge in [0.15, 0.2) is 0 Å². The van der Waals surface area contributed by atoms with E-state index in [-0.39, 0.29) is 5.91 Å². The summed E-state index contributed by atoms with van der Waals surface area (Å²) in [4.78, 5) is 15.1. The molecule has 0 spiro atoms. The van der Waals surface area contributed by atoms with E-state index in [0.717, 1.165) is 49.3 Å². The Bertz CT molecular complexity index is 894. The van der Waals surface area contributed by atoms with Crippen molar-refractivity contribution in [3.63, 3.8) is 0 Å². The molecule has 3 aromatic carbocycles. The fraction of sp³-hybridized carbons (Fsp3) is 0.227. The highest BCUT2D eigenvalue weighted by atomic mass is 16.5. The molecule has 0 radical (unpaired) electrons. The van der Waals surface area contributed by atoms with Crippen molar-refractivity contribution in [1.29, 1.82) is 0 Å². The number of benzene rings is 3. The van der Waals surface area contributed by atoms with E-state index in [0.29, 0.717) is 5.56 Å². The van der Waals surface area contributed by atoms with E-state index < -0.39 is 0 Å². The maximum absolute atomic E-state index is 12.7. The molecule has 26 heavy (non-hydrogen) atoms. The molecule has 0 aliphatic carbocycles. The number of anilines is 1. The van der Waals surface area contributed by atoms with E-state index in [2.05, 4.69) is 22.3 Å². The molecule has 0 aromatic heterocycles. The normalized spacial score (nSPS) is 15.1. The number of carbonyl (C=O) groups is 1. The molecule has 0 bridgehead atoms.